The van der Waals surface area contributed by atoms with E-state index in [-0.39, 0.29) is 0 Å². The van der Waals surface area contributed by atoms with E-state index < -0.39 is 0 Å². The summed E-state index contributed by atoms with van der Waals surface area (Å²) in [4.78, 5) is 0. The van der Waals surface area contributed by atoms with Gasteiger partial charge in [-0.25, -0.2) is 0 Å². The monoisotopic (exact) mass is 272 g/mol. The van der Waals surface area contributed by atoms with Gasteiger partial charge in [-0.3, -0.25) is 0 Å². The first-order chi connectivity index (χ1) is 9.06. The normalized spacial score (nSPS) is 11.1. The molecule has 2 N–H and O–H groups in total. The largest absolute Gasteiger partial charge is 0.398 e. The van der Waals surface area contributed by atoms with Crippen LogP contribution >= 0.6 is 11.6 Å². The van der Waals surface area contributed by atoms with Crippen molar-refractivity contribution in [2.75, 3.05) is 5.73 Å². The Kier molecular flexibility index (Phi) is 2.72. The zero-order valence-electron chi connectivity index (χ0n) is 10.7. The molecule has 4 heteroatoms. The van der Waals surface area contributed by atoms with E-state index in [4.69, 9.17) is 21.9 Å². The molecular weight excluding hydrogens is 260 g/mol. The summed E-state index contributed by atoms with van der Waals surface area (Å²) in [5.74, 6) is 0. The number of benzene rings is 2. The summed E-state index contributed by atoms with van der Waals surface area (Å²) in [5.41, 5.74) is 11.1. The van der Waals surface area contributed by atoms with Crippen LogP contribution in [0.15, 0.2) is 34.9 Å². The van der Waals surface area contributed by atoms with Gasteiger partial charge in [0.2, 0.25) is 0 Å². The van der Waals surface area contributed by atoms with Crippen molar-refractivity contribution in [3.05, 3.63) is 46.5 Å². The molecule has 0 aliphatic rings. The van der Waals surface area contributed by atoms with Gasteiger partial charge < -0.3 is 10.3 Å². The molecular formula is C15H13ClN2O. The Bertz CT molecular complexity index is 777. The van der Waals surface area contributed by atoms with E-state index in [1.165, 1.54) is 0 Å². The average molecular weight is 273 g/mol. The van der Waals surface area contributed by atoms with Gasteiger partial charge in [0.1, 0.15) is 5.69 Å². The lowest BCUT2D eigenvalue weighted by molar-refractivity contribution is 0.459. The van der Waals surface area contributed by atoms with Crippen molar-refractivity contribution < 1.29 is 4.52 Å². The first-order valence-electron chi connectivity index (χ1n) is 5.98. The molecule has 2 aromatic carbocycles. The standard InChI is InChI=1S/C15H13ClN2O/c1-8-3-4-10(6-13(8)17)15-11-7-12(16)9(2)5-14(11)19-18-15/h3-7H,17H2,1-2H3. The van der Waals surface area contributed by atoms with E-state index in [2.05, 4.69) is 5.16 Å². The summed E-state index contributed by atoms with van der Waals surface area (Å²) < 4.78 is 5.36. The number of halogens is 1. The molecule has 0 amide bonds. The van der Waals surface area contributed by atoms with E-state index in [0.29, 0.717) is 5.02 Å². The van der Waals surface area contributed by atoms with Gasteiger partial charge in [-0.2, -0.15) is 0 Å². The average Bonchev–Trinajstić information content (AvgIpc) is 2.76. The minimum absolute atomic E-state index is 0.706. The van der Waals surface area contributed by atoms with Crippen LogP contribution in [-0.4, -0.2) is 5.16 Å². The fourth-order valence-corrected chi connectivity index (χ4v) is 2.22. The molecule has 0 bridgehead atoms. The SMILES string of the molecule is Cc1ccc(-c2noc3cc(C)c(Cl)cc23)cc1N. The van der Waals surface area contributed by atoms with Crippen molar-refractivity contribution in [3.63, 3.8) is 0 Å². The number of rotatable bonds is 1. The summed E-state index contributed by atoms with van der Waals surface area (Å²) in [6, 6.07) is 9.64. The molecule has 1 heterocycles. The van der Waals surface area contributed by atoms with Crippen molar-refractivity contribution in [2.45, 2.75) is 13.8 Å². The summed E-state index contributed by atoms with van der Waals surface area (Å²) in [6.45, 7) is 3.91. The predicted octanol–water partition coefficient (Wildman–Crippen LogP) is 4.35. The third-order valence-electron chi connectivity index (χ3n) is 3.30. The summed E-state index contributed by atoms with van der Waals surface area (Å²) >= 11 is 6.17. The second-order valence-corrected chi connectivity index (χ2v) is 5.11. The van der Waals surface area contributed by atoms with Crippen LogP contribution in [0.25, 0.3) is 22.2 Å². The Morgan fingerprint density at radius 1 is 1.11 bits per heavy atom. The van der Waals surface area contributed by atoms with Crippen molar-refractivity contribution in [3.8, 4) is 11.3 Å². The third kappa shape index (κ3) is 1.96. The number of aryl methyl sites for hydroxylation is 2. The van der Waals surface area contributed by atoms with Crippen molar-refractivity contribution in [1.82, 2.24) is 5.16 Å². The van der Waals surface area contributed by atoms with Gasteiger partial charge in [-0.05, 0) is 43.2 Å². The highest BCUT2D eigenvalue weighted by Gasteiger charge is 2.12. The number of anilines is 1. The lowest BCUT2D eigenvalue weighted by Crippen LogP contribution is -1.90. The lowest BCUT2D eigenvalue weighted by Gasteiger charge is -2.03. The highest BCUT2D eigenvalue weighted by atomic mass is 35.5. The highest BCUT2D eigenvalue weighted by molar-refractivity contribution is 6.32. The Morgan fingerprint density at radius 2 is 1.89 bits per heavy atom. The molecule has 0 aliphatic heterocycles. The number of hydrogen-bond donors (Lipinski definition) is 1. The van der Waals surface area contributed by atoms with Crippen molar-refractivity contribution in [2.24, 2.45) is 0 Å². The molecule has 0 saturated carbocycles. The molecule has 0 spiro atoms. The smallest absolute Gasteiger partial charge is 0.167 e. The molecule has 3 rings (SSSR count). The molecule has 3 nitrogen and oxygen atoms in total. The Morgan fingerprint density at radius 3 is 2.63 bits per heavy atom. The van der Waals surface area contributed by atoms with E-state index in [9.17, 15) is 0 Å². The fraction of sp³-hybridized carbons (Fsp3) is 0.133. The lowest BCUT2D eigenvalue weighted by atomic mass is 10.0. The van der Waals surface area contributed by atoms with Crippen molar-refractivity contribution >= 4 is 28.3 Å². The van der Waals surface area contributed by atoms with Gasteiger partial charge in [0, 0.05) is 16.3 Å². The quantitative estimate of drug-likeness (QED) is 0.670. The van der Waals surface area contributed by atoms with E-state index in [0.717, 1.165) is 39.0 Å². The number of nitrogen functional groups attached to an aromatic ring is 1. The highest BCUT2D eigenvalue weighted by Crippen LogP contribution is 2.32. The van der Waals surface area contributed by atoms with E-state index in [1.54, 1.807) is 0 Å². The molecule has 3 aromatic rings. The topological polar surface area (TPSA) is 52.0 Å². The van der Waals surface area contributed by atoms with Crippen LogP contribution < -0.4 is 5.73 Å². The molecule has 0 radical (unpaired) electrons. The molecule has 0 fully saturated rings. The van der Waals surface area contributed by atoms with Gasteiger partial charge in [0.15, 0.2) is 5.58 Å². The maximum Gasteiger partial charge on any atom is 0.167 e. The Labute approximate surface area is 116 Å². The summed E-state index contributed by atoms with van der Waals surface area (Å²) in [7, 11) is 0. The van der Waals surface area contributed by atoms with Crippen LogP contribution in [0.1, 0.15) is 11.1 Å². The molecule has 1 aromatic heterocycles. The van der Waals surface area contributed by atoms with Gasteiger partial charge in [0.25, 0.3) is 0 Å². The maximum absolute atomic E-state index is 6.17. The predicted molar refractivity (Wildman–Crippen MR) is 78.3 cm³/mol. The van der Waals surface area contributed by atoms with Gasteiger partial charge >= 0.3 is 0 Å². The van der Waals surface area contributed by atoms with Crippen LogP contribution in [0.2, 0.25) is 5.02 Å². The summed E-state index contributed by atoms with van der Waals surface area (Å²) in [6.07, 6.45) is 0. The van der Waals surface area contributed by atoms with Crippen LogP contribution in [-0.2, 0) is 0 Å². The van der Waals surface area contributed by atoms with Gasteiger partial charge in [-0.15, -0.1) is 0 Å². The number of hydrogen-bond acceptors (Lipinski definition) is 3. The van der Waals surface area contributed by atoms with E-state index in [1.807, 2.05) is 44.2 Å². The zero-order valence-corrected chi connectivity index (χ0v) is 11.5. The number of nitrogens with two attached hydrogens (primary N) is 1. The van der Waals surface area contributed by atoms with Gasteiger partial charge in [0.05, 0.1) is 5.39 Å². The molecule has 0 atom stereocenters. The Balaban J connectivity index is 2.25. The third-order valence-corrected chi connectivity index (χ3v) is 3.71. The first kappa shape index (κ1) is 12.1. The van der Waals surface area contributed by atoms with Crippen LogP contribution in [0.3, 0.4) is 0 Å². The fourth-order valence-electron chi connectivity index (χ4n) is 2.06. The molecule has 0 saturated heterocycles. The van der Waals surface area contributed by atoms with Crippen LogP contribution in [0.4, 0.5) is 5.69 Å². The second kappa shape index (κ2) is 4.28. The molecule has 96 valence electrons. The Hall–Kier alpha value is -2.00. The molecule has 0 unspecified atom stereocenters. The maximum atomic E-state index is 6.17. The minimum Gasteiger partial charge on any atom is -0.398 e. The summed E-state index contributed by atoms with van der Waals surface area (Å²) in [5, 5.41) is 5.74. The number of aromatic nitrogens is 1. The number of nitrogens with zero attached hydrogens (tertiary/aromatic N) is 1. The zero-order chi connectivity index (χ0) is 13.6. The van der Waals surface area contributed by atoms with Crippen LogP contribution in [0.5, 0.6) is 0 Å². The molecule has 19 heavy (non-hydrogen) atoms. The van der Waals surface area contributed by atoms with E-state index >= 15 is 0 Å². The van der Waals surface area contributed by atoms with Gasteiger partial charge in [-0.1, -0.05) is 28.9 Å². The second-order valence-electron chi connectivity index (χ2n) is 4.70. The molecule has 0 aliphatic carbocycles. The van der Waals surface area contributed by atoms with Crippen LogP contribution in [0, 0.1) is 13.8 Å². The number of fused-ring (bicyclic) bond motifs is 1. The first-order valence-corrected chi connectivity index (χ1v) is 6.36. The van der Waals surface area contributed by atoms with Crippen molar-refractivity contribution in [1.29, 1.82) is 0 Å². The minimum atomic E-state index is 0.706.